The van der Waals surface area contributed by atoms with E-state index in [1.165, 1.54) is 12.8 Å². The minimum absolute atomic E-state index is 0.0211. The summed E-state index contributed by atoms with van der Waals surface area (Å²) >= 11 is 1.76. The van der Waals surface area contributed by atoms with Gasteiger partial charge in [-0.3, -0.25) is 5.32 Å². The van der Waals surface area contributed by atoms with E-state index in [9.17, 15) is 0 Å². The van der Waals surface area contributed by atoms with E-state index in [0.29, 0.717) is 19.3 Å². The van der Waals surface area contributed by atoms with Gasteiger partial charge in [0.05, 0.1) is 12.1 Å². The van der Waals surface area contributed by atoms with Gasteiger partial charge in [0.25, 0.3) is 0 Å². The molecule has 5 heteroatoms. The predicted octanol–water partition coefficient (Wildman–Crippen LogP) is 2.58. The third-order valence-corrected chi connectivity index (χ3v) is 4.39. The van der Waals surface area contributed by atoms with Crippen molar-refractivity contribution in [2.75, 3.05) is 19.0 Å². The average Bonchev–Trinajstić information content (AvgIpc) is 3.30. The number of rotatable bonds is 6. The first-order valence-electron chi connectivity index (χ1n) is 7.03. The van der Waals surface area contributed by atoms with Crippen LogP contribution in [-0.2, 0) is 0 Å². The fourth-order valence-electron chi connectivity index (χ4n) is 2.13. The number of nitriles is 1. The lowest BCUT2D eigenvalue weighted by Gasteiger charge is -2.18. The van der Waals surface area contributed by atoms with E-state index in [-0.39, 0.29) is 6.04 Å². The molecular formula is C15H18N2O2S. The molecule has 1 atom stereocenters. The second-order valence-electron chi connectivity index (χ2n) is 5.07. The molecule has 3 rings (SSSR count). The summed E-state index contributed by atoms with van der Waals surface area (Å²) in [5, 5.41) is 12.5. The Hall–Kier alpha value is -1.38. The molecule has 1 unspecified atom stereocenters. The van der Waals surface area contributed by atoms with Gasteiger partial charge in [0.15, 0.2) is 11.5 Å². The Kier molecular flexibility index (Phi) is 4.34. The summed E-state index contributed by atoms with van der Waals surface area (Å²) in [5.74, 6) is 2.58. The number of benzene rings is 1. The van der Waals surface area contributed by atoms with Crippen molar-refractivity contribution in [2.45, 2.75) is 36.2 Å². The van der Waals surface area contributed by atoms with Gasteiger partial charge in [0, 0.05) is 16.7 Å². The SMILES string of the molecule is N#CC(CCSc1ccc2c(c1)OCCO2)NC1CC1. The van der Waals surface area contributed by atoms with Crippen LogP contribution in [0.25, 0.3) is 0 Å². The molecule has 2 aliphatic rings. The summed E-state index contributed by atoms with van der Waals surface area (Å²) < 4.78 is 11.1. The lowest BCUT2D eigenvalue weighted by atomic mass is 10.2. The van der Waals surface area contributed by atoms with E-state index < -0.39 is 0 Å². The quantitative estimate of drug-likeness (QED) is 0.816. The van der Waals surface area contributed by atoms with Crippen LogP contribution >= 0.6 is 11.8 Å². The summed E-state index contributed by atoms with van der Waals surface area (Å²) in [6.45, 7) is 1.24. The summed E-state index contributed by atoms with van der Waals surface area (Å²) in [7, 11) is 0. The first-order valence-corrected chi connectivity index (χ1v) is 8.02. The molecule has 1 aromatic carbocycles. The summed E-state index contributed by atoms with van der Waals surface area (Å²) in [6.07, 6.45) is 3.30. The van der Waals surface area contributed by atoms with Gasteiger partial charge in [-0.15, -0.1) is 11.8 Å². The Morgan fingerprint density at radius 2 is 2.10 bits per heavy atom. The van der Waals surface area contributed by atoms with Crippen molar-refractivity contribution < 1.29 is 9.47 Å². The normalized spacial score (nSPS) is 18.4. The average molecular weight is 290 g/mol. The number of nitrogens with one attached hydrogen (secondary N) is 1. The maximum atomic E-state index is 9.10. The molecule has 4 nitrogen and oxygen atoms in total. The van der Waals surface area contributed by atoms with Gasteiger partial charge in [0.1, 0.15) is 13.2 Å². The Bertz CT molecular complexity index is 511. The van der Waals surface area contributed by atoms with Gasteiger partial charge in [-0.05, 0) is 37.5 Å². The number of thioether (sulfide) groups is 1. The van der Waals surface area contributed by atoms with Gasteiger partial charge < -0.3 is 9.47 Å². The van der Waals surface area contributed by atoms with E-state index in [1.54, 1.807) is 11.8 Å². The number of hydrogen-bond donors (Lipinski definition) is 1. The standard InChI is InChI=1S/C15H18N2O2S/c16-10-12(17-11-1-2-11)5-8-20-13-3-4-14-15(9-13)19-7-6-18-14/h3-4,9,11-12,17H,1-2,5-8H2. The Morgan fingerprint density at radius 3 is 2.85 bits per heavy atom. The van der Waals surface area contributed by atoms with Crippen LogP contribution in [0.15, 0.2) is 23.1 Å². The van der Waals surface area contributed by atoms with Crippen molar-refractivity contribution in [3.05, 3.63) is 18.2 Å². The van der Waals surface area contributed by atoms with Crippen LogP contribution < -0.4 is 14.8 Å². The molecule has 0 spiro atoms. The van der Waals surface area contributed by atoms with Crippen LogP contribution in [0.1, 0.15) is 19.3 Å². The summed E-state index contributed by atoms with van der Waals surface area (Å²) in [6, 6.07) is 8.93. The van der Waals surface area contributed by atoms with Crippen LogP contribution in [0, 0.1) is 11.3 Å². The number of ether oxygens (including phenoxy) is 2. The van der Waals surface area contributed by atoms with E-state index in [0.717, 1.165) is 28.6 Å². The van der Waals surface area contributed by atoms with Crippen LogP contribution in [0.2, 0.25) is 0 Å². The van der Waals surface area contributed by atoms with Crippen LogP contribution in [0.3, 0.4) is 0 Å². The highest BCUT2D eigenvalue weighted by Gasteiger charge is 2.24. The molecule has 0 bridgehead atoms. The van der Waals surface area contributed by atoms with Crippen molar-refractivity contribution >= 4 is 11.8 Å². The highest BCUT2D eigenvalue weighted by Crippen LogP contribution is 2.34. The molecular weight excluding hydrogens is 272 g/mol. The van der Waals surface area contributed by atoms with Crippen molar-refractivity contribution in [1.82, 2.24) is 5.32 Å². The summed E-state index contributed by atoms with van der Waals surface area (Å²) in [4.78, 5) is 1.16. The zero-order valence-corrected chi connectivity index (χ0v) is 12.1. The Balaban J connectivity index is 1.49. The highest BCUT2D eigenvalue weighted by atomic mass is 32.2. The number of hydrogen-bond acceptors (Lipinski definition) is 5. The largest absolute Gasteiger partial charge is 0.486 e. The molecule has 106 valence electrons. The topological polar surface area (TPSA) is 54.3 Å². The van der Waals surface area contributed by atoms with Crippen molar-refractivity contribution in [3.63, 3.8) is 0 Å². The molecule has 0 amide bonds. The van der Waals surface area contributed by atoms with Crippen molar-refractivity contribution in [2.24, 2.45) is 0 Å². The summed E-state index contributed by atoms with van der Waals surface area (Å²) in [5.41, 5.74) is 0. The minimum atomic E-state index is -0.0211. The third kappa shape index (κ3) is 3.59. The number of nitrogens with zero attached hydrogens (tertiary/aromatic N) is 1. The van der Waals surface area contributed by atoms with Crippen molar-refractivity contribution in [1.29, 1.82) is 5.26 Å². The molecule has 1 heterocycles. The second-order valence-corrected chi connectivity index (χ2v) is 6.23. The van der Waals surface area contributed by atoms with E-state index in [2.05, 4.69) is 11.4 Å². The molecule has 1 aliphatic heterocycles. The van der Waals surface area contributed by atoms with Gasteiger partial charge in [-0.1, -0.05) is 0 Å². The fraction of sp³-hybridized carbons (Fsp3) is 0.533. The first-order chi connectivity index (χ1) is 9.85. The predicted molar refractivity (Wildman–Crippen MR) is 78.3 cm³/mol. The number of fused-ring (bicyclic) bond motifs is 1. The maximum absolute atomic E-state index is 9.10. The molecule has 1 fully saturated rings. The lowest BCUT2D eigenvalue weighted by molar-refractivity contribution is 0.171. The van der Waals surface area contributed by atoms with Gasteiger partial charge in [0.2, 0.25) is 0 Å². The monoisotopic (exact) mass is 290 g/mol. The fourth-order valence-corrected chi connectivity index (χ4v) is 3.07. The Morgan fingerprint density at radius 1 is 1.30 bits per heavy atom. The van der Waals surface area contributed by atoms with E-state index >= 15 is 0 Å². The second kappa shape index (κ2) is 6.38. The molecule has 0 saturated heterocycles. The van der Waals surface area contributed by atoms with Gasteiger partial charge in [-0.25, -0.2) is 0 Å². The molecule has 0 aromatic heterocycles. The molecule has 1 N–H and O–H groups in total. The van der Waals surface area contributed by atoms with Crippen LogP contribution in [0.4, 0.5) is 0 Å². The molecule has 1 aromatic rings. The van der Waals surface area contributed by atoms with E-state index in [1.807, 2.05) is 18.2 Å². The zero-order chi connectivity index (χ0) is 13.8. The molecule has 1 aliphatic carbocycles. The van der Waals surface area contributed by atoms with Gasteiger partial charge in [-0.2, -0.15) is 5.26 Å². The highest BCUT2D eigenvalue weighted by molar-refractivity contribution is 7.99. The first kappa shape index (κ1) is 13.6. The third-order valence-electron chi connectivity index (χ3n) is 3.36. The van der Waals surface area contributed by atoms with Crippen LogP contribution in [-0.4, -0.2) is 31.1 Å². The Labute approximate surface area is 123 Å². The molecule has 20 heavy (non-hydrogen) atoms. The molecule has 0 radical (unpaired) electrons. The van der Waals surface area contributed by atoms with Crippen LogP contribution in [0.5, 0.6) is 11.5 Å². The molecule has 1 saturated carbocycles. The maximum Gasteiger partial charge on any atom is 0.162 e. The smallest absolute Gasteiger partial charge is 0.162 e. The van der Waals surface area contributed by atoms with E-state index in [4.69, 9.17) is 14.7 Å². The lowest BCUT2D eigenvalue weighted by Crippen LogP contribution is -2.29. The van der Waals surface area contributed by atoms with Crippen molar-refractivity contribution in [3.8, 4) is 17.6 Å². The zero-order valence-electron chi connectivity index (χ0n) is 11.3. The minimum Gasteiger partial charge on any atom is -0.486 e. The van der Waals surface area contributed by atoms with Gasteiger partial charge >= 0.3 is 0 Å².